The molecule has 1 fully saturated rings. The summed E-state index contributed by atoms with van der Waals surface area (Å²) in [6, 6.07) is 0. The number of thioether (sulfide) groups is 1. The molecule has 1 aliphatic heterocycles. The van der Waals surface area contributed by atoms with Crippen LogP contribution in [0.4, 0.5) is 0 Å². The number of rotatable bonds is 3. The Balaban J connectivity index is 0.00000225. The lowest BCUT2D eigenvalue weighted by Crippen LogP contribution is -2.46. The Morgan fingerprint density at radius 2 is 2.12 bits per heavy atom. The predicted octanol–water partition coefficient (Wildman–Crippen LogP) is 1.60. The molecule has 16 heavy (non-hydrogen) atoms. The monoisotopic (exact) mass is 266 g/mol. The molecule has 96 valence electrons. The summed E-state index contributed by atoms with van der Waals surface area (Å²) in [4.78, 5) is 13.9. The van der Waals surface area contributed by atoms with Gasteiger partial charge in [-0.2, -0.15) is 11.8 Å². The van der Waals surface area contributed by atoms with Gasteiger partial charge in [0, 0.05) is 36.6 Å². The van der Waals surface area contributed by atoms with E-state index in [0.29, 0.717) is 17.7 Å². The molecule has 0 aliphatic carbocycles. The molecule has 0 aromatic rings. The van der Waals surface area contributed by atoms with Crippen LogP contribution in [0, 0.1) is 11.8 Å². The summed E-state index contributed by atoms with van der Waals surface area (Å²) in [7, 11) is 0. The Hall–Kier alpha value is 0.0700. The molecular formula is C11H23ClN2OS. The first kappa shape index (κ1) is 16.1. The predicted molar refractivity (Wildman–Crippen MR) is 73.1 cm³/mol. The van der Waals surface area contributed by atoms with E-state index in [1.807, 2.05) is 23.6 Å². The topological polar surface area (TPSA) is 46.3 Å². The number of amides is 1. The van der Waals surface area contributed by atoms with Crippen LogP contribution in [0.3, 0.4) is 0 Å². The van der Waals surface area contributed by atoms with E-state index in [2.05, 4.69) is 13.8 Å². The zero-order valence-electron chi connectivity index (χ0n) is 10.3. The van der Waals surface area contributed by atoms with E-state index in [1.165, 1.54) is 0 Å². The lowest BCUT2D eigenvalue weighted by molar-refractivity contribution is -0.134. The van der Waals surface area contributed by atoms with Crippen molar-refractivity contribution in [2.24, 2.45) is 17.6 Å². The van der Waals surface area contributed by atoms with Crippen molar-refractivity contribution in [1.82, 2.24) is 4.90 Å². The van der Waals surface area contributed by atoms with Gasteiger partial charge in [-0.15, -0.1) is 12.4 Å². The minimum Gasteiger partial charge on any atom is -0.340 e. The number of halogens is 1. The van der Waals surface area contributed by atoms with Crippen molar-refractivity contribution in [1.29, 1.82) is 0 Å². The van der Waals surface area contributed by atoms with Crippen LogP contribution >= 0.6 is 24.2 Å². The Labute approximate surface area is 109 Å². The zero-order chi connectivity index (χ0) is 11.4. The van der Waals surface area contributed by atoms with E-state index in [1.54, 1.807) is 0 Å². The van der Waals surface area contributed by atoms with E-state index in [0.717, 1.165) is 18.8 Å². The van der Waals surface area contributed by atoms with E-state index < -0.39 is 0 Å². The van der Waals surface area contributed by atoms with Gasteiger partial charge in [-0.05, 0) is 5.92 Å². The van der Waals surface area contributed by atoms with Crippen LogP contribution in [-0.4, -0.2) is 41.4 Å². The maximum Gasteiger partial charge on any atom is 0.226 e. The van der Waals surface area contributed by atoms with E-state index in [4.69, 9.17) is 5.73 Å². The second kappa shape index (κ2) is 7.41. The fourth-order valence-corrected chi connectivity index (χ4v) is 2.99. The number of nitrogens with zero attached hydrogens (tertiary/aromatic N) is 1. The summed E-state index contributed by atoms with van der Waals surface area (Å²) in [6.07, 6.45) is 0. The van der Waals surface area contributed by atoms with E-state index >= 15 is 0 Å². The highest BCUT2D eigenvalue weighted by molar-refractivity contribution is 8.00. The second-order valence-corrected chi connectivity index (χ2v) is 5.92. The first-order chi connectivity index (χ1) is 7.06. The third kappa shape index (κ3) is 4.15. The maximum absolute atomic E-state index is 11.9. The molecular weight excluding hydrogens is 244 g/mol. The van der Waals surface area contributed by atoms with Crippen LogP contribution in [0.2, 0.25) is 0 Å². The molecule has 1 heterocycles. The van der Waals surface area contributed by atoms with Crippen LogP contribution in [0.15, 0.2) is 0 Å². The van der Waals surface area contributed by atoms with Crippen LogP contribution in [0.5, 0.6) is 0 Å². The Morgan fingerprint density at radius 1 is 1.50 bits per heavy atom. The largest absolute Gasteiger partial charge is 0.340 e. The van der Waals surface area contributed by atoms with Gasteiger partial charge in [0.1, 0.15) is 0 Å². The number of hydrogen-bond donors (Lipinski definition) is 1. The highest BCUT2D eigenvalue weighted by Gasteiger charge is 2.27. The minimum absolute atomic E-state index is 0. The SMILES string of the molecule is CC(CN)C(=O)N1CCSC(C(C)C)C1.Cl. The smallest absolute Gasteiger partial charge is 0.226 e. The van der Waals surface area contributed by atoms with Crippen LogP contribution in [-0.2, 0) is 4.79 Å². The zero-order valence-corrected chi connectivity index (χ0v) is 11.9. The molecule has 0 bridgehead atoms. The second-order valence-electron chi connectivity index (χ2n) is 4.57. The van der Waals surface area contributed by atoms with Gasteiger partial charge in [-0.25, -0.2) is 0 Å². The molecule has 0 radical (unpaired) electrons. The van der Waals surface area contributed by atoms with E-state index in [-0.39, 0.29) is 24.2 Å². The number of carbonyl (C=O) groups is 1. The third-order valence-corrected chi connectivity index (χ3v) is 4.46. The van der Waals surface area contributed by atoms with Crippen LogP contribution < -0.4 is 5.73 Å². The molecule has 3 nitrogen and oxygen atoms in total. The highest BCUT2D eigenvalue weighted by atomic mass is 35.5. The minimum atomic E-state index is -0.0269. The van der Waals surface area contributed by atoms with Crippen molar-refractivity contribution in [3.8, 4) is 0 Å². The summed E-state index contributed by atoms with van der Waals surface area (Å²) in [6.45, 7) is 8.59. The van der Waals surface area contributed by atoms with Crippen molar-refractivity contribution in [3.05, 3.63) is 0 Å². The fourth-order valence-electron chi connectivity index (χ4n) is 1.69. The quantitative estimate of drug-likeness (QED) is 0.844. The fraction of sp³-hybridized carbons (Fsp3) is 0.909. The van der Waals surface area contributed by atoms with Gasteiger partial charge in [-0.3, -0.25) is 4.79 Å². The molecule has 2 unspecified atom stereocenters. The summed E-state index contributed by atoms with van der Waals surface area (Å²) >= 11 is 1.99. The number of hydrogen-bond acceptors (Lipinski definition) is 3. The Kier molecular flexibility index (Phi) is 7.44. The maximum atomic E-state index is 11.9. The molecule has 1 rings (SSSR count). The van der Waals surface area contributed by atoms with Gasteiger partial charge in [0.05, 0.1) is 0 Å². The molecule has 2 atom stereocenters. The highest BCUT2D eigenvalue weighted by Crippen LogP contribution is 2.25. The average molecular weight is 267 g/mol. The number of carbonyl (C=O) groups excluding carboxylic acids is 1. The first-order valence-corrected chi connectivity index (χ1v) is 6.71. The Morgan fingerprint density at radius 3 is 2.62 bits per heavy atom. The van der Waals surface area contributed by atoms with Gasteiger partial charge in [0.15, 0.2) is 0 Å². The molecule has 2 N–H and O–H groups in total. The van der Waals surface area contributed by atoms with Gasteiger partial charge >= 0.3 is 0 Å². The standard InChI is InChI=1S/C11H22N2OS.ClH/c1-8(2)10-7-13(4-5-15-10)11(14)9(3)6-12;/h8-10H,4-7,12H2,1-3H3;1H. The molecule has 1 saturated heterocycles. The molecule has 0 spiro atoms. The molecule has 0 saturated carbocycles. The molecule has 5 heteroatoms. The van der Waals surface area contributed by atoms with Gasteiger partial charge in [0.2, 0.25) is 5.91 Å². The normalized spacial score (nSPS) is 22.8. The van der Waals surface area contributed by atoms with E-state index in [9.17, 15) is 4.79 Å². The Bertz CT molecular complexity index is 226. The summed E-state index contributed by atoms with van der Waals surface area (Å²) in [5, 5.41) is 0.590. The lowest BCUT2D eigenvalue weighted by atomic mass is 10.1. The summed E-state index contributed by atoms with van der Waals surface area (Å²) < 4.78 is 0. The molecule has 0 aromatic carbocycles. The molecule has 1 aliphatic rings. The van der Waals surface area contributed by atoms with Crippen molar-refractivity contribution in [2.75, 3.05) is 25.4 Å². The van der Waals surface area contributed by atoms with Gasteiger partial charge in [0.25, 0.3) is 0 Å². The average Bonchev–Trinajstić information content (AvgIpc) is 2.27. The number of nitrogens with two attached hydrogens (primary N) is 1. The molecule has 1 amide bonds. The van der Waals surface area contributed by atoms with Gasteiger partial charge in [-0.1, -0.05) is 20.8 Å². The summed E-state index contributed by atoms with van der Waals surface area (Å²) in [5.41, 5.74) is 5.52. The lowest BCUT2D eigenvalue weighted by Gasteiger charge is -2.35. The van der Waals surface area contributed by atoms with Crippen molar-refractivity contribution >= 4 is 30.1 Å². The van der Waals surface area contributed by atoms with Crippen molar-refractivity contribution in [3.63, 3.8) is 0 Å². The molecule has 0 aromatic heterocycles. The van der Waals surface area contributed by atoms with Crippen LogP contribution in [0.25, 0.3) is 0 Å². The van der Waals surface area contributed by atoms with Crippen molar-refractivity contribution < 1.29 is 4.79 Å². The van der Waals surface area contributed by atoms with Crippen LogP contribution in [0.1, 0.15) is 20.8 Å². The van der Waals surface area contributed by atoms with Crippen molar-refractivity contribution in [2.45, 2.75) is 26.0 Å². The first-order valence-electron chi connectivity index (χ1n) is 5.66. The summed E-state index contributed by atoms with van der Waals surface area (Å²) in [5.74, 6) is 1.90. The third-order valence-electron chi connectivity index (χ3n) is 2.92. The van der Waals surface area contributed by atoms with Gasteiger partial charge < -0.3 is 10.6 Å².